The number of hydrogen-bond donors (Lipinski definition) is 1. The van der Waals surface area contributed by atoms with Crippen LogP contribution in [0.3, 0.4) is 0 Å². The van der Waals surface area contributed by atoms with Crippen molar-refractivity contribution >= 4 is 29.1 Å². The van der Waals surface area contributed by atoms with Gasteiger partial charge in [0.25, 0.3) is 0 Å². The maximum absolute atomic E-state index is 13.8. The van der Waals surface area contributed by atoms with E-state index in [2.05, 4.69) is 10.2 Å². The van der Waals surface area contributed by atoms with Crippen molar-refractivity contribution in [2.45, 2.75) is 45.1 Å². The molecule has 0 radical (unpaired) electrons. The number of amides is 2. The van der Waals surface area contributed by atoms with E-state index in [0.717, 1.165) is 38.8 Å². The summed E-state index contributed by atoms with van der Waals surface area (Å²) >= 11 is 5.87. The first-order valence-electron chi connectivity index (χ1n) is 9.74. The quantitative estimate of drug-likeness (QED) is 0.848. The number of halogens is 2. The van der Waals surface area contributed by atoms with Gasteiger partial charge in [-0.1, -0.05) is 11.6 Å². The number of carbonyl (C=O) groups is 2. The SMILES string of the molecule is CC(C(=O)Nc1cc(Cl)ccc1F)N1CCC(C(=O)N2CCCCC2)CC1. The third-order valence-corrected chi connectivity index (χ3v) is 5.90. The first-order chi connectivity index (χ1) is 13.0. The molecule has 0 spiro atoms. The second-order valence-electron chi connectivity index (χ2n) is 7.49. The van der Waals surface area contributed by atoms with E-state index < -0.39 is 11.9 Å². The van der Waals surface area contributed by atoms with Crippen molar-refractivity contribution in [1.29, 1.82) is 0 Å². The van der Waals surface area contributed by atoms with E-state index in [1.165, 1.54) is 24.6 Å². The lowest BCUT2D eigenvalue weighted by molar-refractivity contribution is -0.138. The zero-order valence-corrected chi connectivity index (χ0v) is 16.5. The van der Waals surface area contributed by atoms with Crippen molar-refractivity contribution in [3.8, 4) is 0 Å². The summed E-state index contributed by atoms with van der Waals surface area (Å²) in [4.78, 5) is 29.2. The van der Waals surface area contributed by atoms with Gasteiger partial charge in [0.2, 0.25) is 11.8 Å². The molecule has 0 saturated carbocycles. The number of hydrogen-bond acceptors (Lipinski definition) is 3. The molecule has 2 saturated heterocycles. The Kier molecular flexibility index (Phi) is 6.71. The standard InChI is InChI=1S/C20H27ClFN3O2/c1-14(19(26)23-18-13-16(21)5-6-17(18)22)24-11-7-15(8-12-24)20(27)25-9-3-2-4-10-25/h5-6,13-15H,2-4,7-12H2,1H3,(H,23,26). The Labute approximate surface area is 164 Å². The molecule has 2 fully saturated rings. The molecule has 5 nitrogen and oxygen atoms in total. The van der Waals surface area contributed by atoms with Gasteiger partial charge in [-0.3, -0.25) is 14.5 Å². The summed E-state index contributed by atoms with van der Waals surface area (Å²) in [5, 5.41) is 2.99. The molecule has 148 valence electrons. The highest BCUT2D eigenvalue weighted by molar-refractivity contribution is 6.30. The second-order valence-corrected chi connectivity index (χ2v) is 7.92. The van der Waals surface area contributed by atoms with Crippen LogP contribution in [0.5, 0.6) is 0 Å². The van der Waals surface area contributed by atoms with E-state index in [9.17, 15) is 14.0 Å². The topological polar surface area (TPSA) is 52.7 Å². The van der Waals surface area contributed by atoms with Crippen molar-refractivity contribution in [2.24, 2.45) is 5.92 Å². The summed E-state index contributed by atoms with van der Waals surface area (Å²) in [5.41, 5.74) is 0.0921. The van der Waals surface area contributed by atoms with Gasteiger partial charge in [0, 0.05) is 24.0 Å². The van der Waals surface area contributed by atoms with Crippen molar-refractivity contribution in [1.82, 2.24) is 9.80 Å². The van der Waals surface area contributed by atoms with Gasteiger partial charge in [-0.05, 0) is 70.3 Å². The number of benzene rings is 1. The predicted octanol–water partition coefficient (Wildman–Crippen LogP) is 3.53. The molecule has 1 atom stereocenters. The van der Waals surface area contributed by atoms with Crippen LogP contribution in [0.25, 0.3) is 0 Å². The lowest BCUT2D eigenvalue weighted by Gasteiger charge is -2.37. The lowest BCUT2D eigenvalue weighted by atomic mass is 9.93. The van der Waals surface area contributed by atoms with Crippen molar-refractivity contribution in [3.63, 3.8) is 0 Å². The smallest absolute Gasteiger partial charge is 0.241 e. The number of rotatable bonds is 4. The Balaban J connectivity index is 1.51. The van der Waals surface area contributed by atoms with E-state index in [0.29, 0.717) is 18.1 Å². The molecule has 7 heteroatoms. The zero-order valence-electron chi connectivity index (χ0n) is 15.7. The fraction of sp³-hybridized carbons (Fsp3) is 0.600. The van der Waals surface area contributed by atoms with E-state index in [-0.39, 0.29) is 23.4 Å². The van der Waals surface area contributed by atoms with Gasteiger partial charge >= 0.3 is 0 Å². The van der Waals surface area contributed by atoms with Gasteiger partial charge in [0.05, 0.1) is 11.7 Å². The summed E-state index contributed by atoms with van der Waals surface area (Å²) in [6, 6.07) is 3.69. The average Bonchev–Trinajstić information content (AvgIpc) is 2.70. The molecule has 1 aromatic rings. The molecule has 2 heterocycles. The minimum absolute atomic E-state index is 0.0555. The van der Waals surface area contributed by atoms with Gasteiger partial charge in [0.1, 0.15) is 5.82 Å². The van der Waals surface area contributed by atoms with Crippen LogP contribution in [0, 0.1) is 11.7 Å². The summed E-state index contributed by atoms with van der Waals surface area (Å²) in [6.45, 7) is 4.95. The number of carbonyl (C=O) groups excluding carboxylic acids is 2. The highest BCUT2D eigenvalue weighted by Gasteiger charge is 2.32. The van der Waals surface area contributed by atoms with Gasteiger partial charge in [-0.2, -0.15) is 0 Å². The second kappa shape index (κ2) is 9.02. The number of nitrogens with one attached hydrogen (secondary N) is 1. The van der Waals surface area contributed by atoms with Crippen LogP contribution >= 0.6 is 11.6 Å². The summed E-state index contributed by atoms with van der Waals surface area (Å²) < 4.78 is 13.8. The van der Waals surface area contributed by atoms with Crippen molar-refractivity contribution < 1.29 is 14.0 Å². The monoisotopic (exact) mass is 395 g/mol. The largest absolute Gasteiger partial charge is 0.342 e. The molecular weight excluding hydrogens is 369 g/mol. The molecule has 27 heavy (non-hydrogen) atoms. The van der Waals surface area contributed by atoms with Gasteiger partial charge < -0.3 is 10.2 Å². The molecule has 2 aliphatic heterocycles. The molecule has 1 aromatic carbocycles. The maximum Gasteiger partial charge on any atom is 0.241 e. The Bertz CT molecular complexity index is 686. The Morgan fingerprint density at radius 1 is 1.15 bits per heavy atom. The highest BCUT2D eigenvalue weighted by atomic mass is 35.5. The lowest BCUT2D eigenvalue weighted by Crippen LogP contribution is -2.49. The van der Waals surface area contributed by atoms with Gasteiger partial charge in [-0.15, -0.1) is 0 Å². The van der Waals surface area contributed by atoms with Crippen LogP contribution in [0.4, 0.5) is 10.1 Å². The molecule has 0 aliphatic carbocycles. The fourth-order valence-corrected chi connectivity index (χ4v) is 4.07. The Hall–Kier alpha value is -1.66. The molecule has 2 amide bonds. The van der Waals surface area contributed by atoms with Crippen LogP contribution in [0.15, 0.2) is 18.2 Å². The minimum atomic E-state index is -0.509. The Morgan fingerprint density at radius 2 is 1.81 bits per heavy atom. The molecule has 2 aliphatic rings. The van der Waals surface area contributed by atoms with Crippen molar-refractivity contribution in [3.05, 3.63) is 29.0 Å². The first kappa shape index (κ1) is 20.1. The maximum atomic E-state index is 13.8. The van der Waals surface area contributed by atoms with E-state index in [1.807, 2.05) is 11.8 Å². The third kappa shape index (κ3) is 4.99. The number of piperidine rings is 2. The van der Waals surface area contributed by atoms with Gasteiger partial charge in [0.15, 0.2) is 0 Å². The highest BCUT2D eigenvalue weighted by Crippen LogP contribution is 2.24. The van der Waals surface area contributed by atoms with E-state index >= 15 is 0 Å². The summed E-state index contributed by atoms with van der Waals surface area (Å²) in [6.07, 6.45) is 4.93. The predicted molar refractivity (Wildman–Crippen MR) is 104 cm³/mol. The van der Waals surface area contributed by atoms with E-state index in [1.54, 1.807) is 0 Å². The number of likely N-dealkylation sites (tertiary alicyclic amines) is 2. The number of nitrogens with zero attached hydrogens (tertiary/aromatic N) is 2. The first-order valence-corrected chi connectivity index (χ1v) is 10.1. The minimum Gasteiger partial charge on any atom is -0.342 e. The third-order valence-electron chi connectivity index (χ3n) is 5.66. The Morgan fingerprint density at radius 3 is 2.48 bits per heavy atom. The van der Waals surface area contributed by atoms with E-state index in [4.69, 9.17) is 11.6 Å². The molecular formula is C20H27ClFN3O2. The molecule has 1 N–H and O–H groups in total. The average molecular weight is 396 g/mol. The van der Waals surface area contributed by atoms with Crippen LogP contribution in [0.1, 0.15) is 39.0 Å². The fourth-order valence-electron chi connectivity index (χ4n) is 3.90. The zero-order chi connectivity index (χ0) is 19.4. The summed E-state index contributed by atoms with van der Waals surface area (Å²) in [5.74, 6) is -0.449. The number of anilines is 1. The molecule has 3 rings (SSSR count). The molecule has 0 aromatic heterocycles. The normalized spacial score (nSPS) is 20.3. The summed E-state index contributed by atoms with van der Waals surface area (Å²) in [7, 11) is 0. The molecule has 0 bridgehead atoms. The van der Waals surface area contributed by atoms with Crippen LogP contribution in [-0.4, -0.2) is 53.8 Å². The molecule has 1 unspecified atom stereocenters. The van der Waals surface area contributed by atoms with Crippen LogP contribution in [0.2, 0.25) is 5.02 Å². The van der Waals surface area contributed by atoms with Gasteiger partial charge in [-0.25, -0.2) is 4.39 Å². The van der Waals surface area contributed by atoms with Crippen LogP contribution in [-0.2, 0) is 9.59 Å². The van der Waals surface area contributed by atoms with Crippen molar-refractivity contribution in [2.75, 3.05) is 31.5 Å². The van der Waals surface area contributed by atoms with Crippen LogP contribution < -0.4 is 5.32 Å².